The third-order valence-corrected chi connectivity index (χ3v) is 2.52. The first kappa shape index (κ1) is 9.63. The molecule has 1 aromatic rings. The standard InChI is InChI=1S/C8H10N4O3/c13-6(5-10-4-11-12-5)9-3-8(1-2-8)7(14)15/h4H,1-3H2,(H,9,13)(H,14,15)(H,10,11,12). The molecule has 1 aliphatic carbocycles. The zero-order chi connectivity index (χ0) is 10.9. The lowest BCUT2D eigenvalue weighted by molar-refractivity contribution is -0.143. The summed E-state index contributed by atoms with van der Waals surface area (Å²) in [6, 6.07) is 0. The molecule has 0 spiro atoms. The Bertz CT molecular complexity index is 383. The minimum atomic E-state index is -0.861. The van der Waals surface area contributed by atoms with Crippen molar-refractivity contribution in [2.45, 2.75) is 12.8 Å². The molecule has 0 aliphatic heterocycles. The third kappa shape index (κ3) is 1.80. The number of carbonyl (C=O) groups is 2. The highest BCUT2D eigenvalue weighted by Crippen LogP contribution is 2.45. The van der Waals surface area contributed by atoms with Gasteiger partial charge in [0.2, 0.25) is 5.82 Å². The van der Waals surface area contributed by atoms with Gasteiger partial charge >= 0.3 is 5.97 Å². The first-order valence-corrected chi connectivity index (χ1v) is 4.51. The van der Waals surface area contributed by atoms with Crippen LogP contribution < -0.4 is 5.32 Å². The molecule has 2 rings (SSSR count). The zero-order valence-electron chi connectivity index (χ0n) is 7.86. The number of carboxylic acids is 1. The Hall–Kier alpha value is -1.92. The Labute approximate surface area is 84.9 Å². The molecular formula is C8H10N4O3. The van der Waals surface area contributed by atoms with E-state index in [-0.39, 0.29) is 12.4 Å². The summed E-state index contributed by atoms with van der Waals surface area (Å²) in [5.74, 6) is -1.20. The van der Waals surface area contributed by atoms with Crippen molar-refractivity contribution in [1.29, 1.82) is 0 Å². The zero-order valence-corrected chi connectivity index (χ0v) is 7.86. The average molecular weight is 210 g/mol. The Morgan fingerprint density at radius 3 is 2.80 bits per heavy atom. The highest BCUT2D eigenvalue weighted by atomic mass is 16.4. The number of rotatable bonds is 4. The molecule has 0 radical (unpaired) electrons. The van der Waals surface area contributed by atoms with E-state index in [1.165, 1.54) is 6.33 Å². The molecule has 80 valence electrons. The van der Waals surface area contributed by atoms with Crippen molar-refractivity contribution in [1.82, 2.24) is 20.5 Å². The summed E-state index contributed by atoms with van der Waals surface area (Å²) in [6.45, 7) is 0.141. The van der Waals surface area contributed by atoms with E-state index in [0.717, 1.165) is 0 Å². The molecular weight excluding hydrogens is 200 g/mol. The highest BCUT2D eigenvalue weighted by molar-refractivity contribution is 5.90. The number of amides is 1. The first-order chi connectivity index (χ1) is 7.14. The smallest absolute Gasteiger partial charge is 0.311 e. The monoisotopic (exact) mass is 210 g/mol. The Balaban J connectivity index is 1.89. The highest BCUT2D eigenvalue weighted by Gasteiger charge is 2.50. The predicted molar refractivity (Wildman–Crippen MR) is 48.0 cm³/mol. The summed E-state index contributed by atoms with van der Waals surface area (Å²) < 4.78 is 0. The lowest BCUT2D eigenvalue weighted by Gasteiger charge is -2.09. The number of aromatic amines is 1. The van der Waals surface area contributed by atoms with Crippen LogP contribution in [0.3, 0.4) is 0 Å². The Morgan fingerprint density at radius 2 is 2.33 bits per heavy atom. The van der Waals surface area contributed by atoms with E-state index < -0.39 is 17.3 Å². The van der Waals surface area contributed by atoms with E-state index in [4.69, 9.17) is 5.11 Å². The van der Waals surface area contributed by atoms with Crippen LogP contribution in [0, 0.1) is 5.41 Å². The second-order valence-electron chi connectivity index (χ2n) is 3.60. The summed E-state index contributed by atoms with van der Waals surface area (Å²) in [7, 11) is 0. The fourth-order valence-electron chi connectivity index (χ4n) is 1.27. The largest absolute Gasteiger partial charge is 0.481 e. The topological polar surface area (TPSA) is 108 Å². The Kier molecular flexibility index (Phi) is 2.14. The van der Waals surface area contributed by atoms with E-state index >= 15 is 0 Å². The van der Waals surface area contributed by atoms with Gasteiger partial charge in [-0.15, -0.1) is 0 Å². The molecule has 0 saturated heterocycles. The lowest BCUT2D eigenvalue weighted by atomic mass is 10.1. The molecule has 0 bridgehead atoms. The number of carboxylic acid groups (broad SMARTS) is 1. The van der Waals surface area contributed by atoms with Crippen molar-refractivity contribution in [3.63, 3.8) is 0 Å². The number of H-pyrrole nitrogens is 1. The summed E-state index contributed by atoms with van der Waals surface area (Å²) in [4.78, 5) is 25.8. The van der Waals surface area contributed by atoms with Crippen LogP contribution in [0.5, 0.6) is 0 Å². The van der Waals surface area contributed by atoms with Crippen LogP contribution in [-0.4, -0.2) is 38.7 Å². The van der Waals surface area contributed by atoms with E-state index in [1.807, 2.05) is 0 Å². The molecule has 0 aromatic carbocycles. The minimum absolute atomic E-state index is 0.0937. The number of aromatic nitrogens is 3. The summed E-state index contributed by atoms with van der Waals surface area (Å²) >= 11 is 0. The maximum Gasteiger partial charge on any atom is 0.311 e. The molecule has 7 nitrogen and oxygen atoms in total. The summed E-state index contributed by atoms with van der Waals surface area (Å²) in [5.41, 5.74) is -0.754. The van der Waals surface area contributed by atoms with E-state index in [0.29, 0.717) is 12.8 Å². The molecule has 1 fully saturated rings. The molecule has 7 heteroatoms. The maximum atomic E-state index is 11.4. The number of hydrogen-bond acceptors (Lipinski definition) is 4. The van der Waals surface area contributed by atoms with Crippen LogP contribution in [-0.2, 0) is 4.79 Å². The quantitative estimate of drug-likeness (QED) is 0.615. The number of hydrogen-bond donors (Lipinski definition) is 3. The van der Waals surface area contributed by atoms with Gasteiger partial charge in [0.05, 0.1) is 5.41 Å². The maximum absolute atomic E-state index is 11.4. The molecule has 0 atom stereocenters. The van der Waals surface area contributed by atoms with Crippen molar-refractivity contribution in [2.75, 3.05) is 6.54 Å². The van der Waals surface area contributed by atoms with Crippen molar-refractivity contribution >= 4 is 11.9 Å². The molecule has 3 N–H and O–H groups in total. The van der Waals surface area contributed by atoms with Crippen molar-refractivity contribution in [2.24, 2.45) is 5.41 Å². The van der Waals surface area contributed by atoms with Gasteiger partial charge in [0, 0.05) is 6.54 Å². The van der Waals surface area contributed by atoms with Crippen LogP contribution in [0.1, 0.15) is 23.5 Å². The van der Waals surface area contributed by atoms with Gasteiger partial charge in [-0.25, -0.2) is 4.98 Å². The van der Waals surface area contributed by atoms with Gasteiger partial charge in [-0.05, 0) is 12.8 Å². The second-order valence-corrected chi connectivity index (χ2v) is 3.60. The van der Waals surface area contributed by atoms with Gasteiger partial charge < -0.3 is 10.4 Å². The van der Waals surface area contributed by atoms with Gasteiger partial charge in [-0.2, -0.15) is 5.10 Å². The summed E-state index contributed by atoms with van der Waals surface area (Å²) in [6.07, 6.45) is 2.44. The van der Waals surface area contributed by atoms with E-state index in [2.05, 4.69) is 20.5 Å². The number of nitrogens with one attached hydrogen (secondary N) is 2. The van der Waals surface area contributed by atoms with Crippen LogP contribution in [0.25, 0.3) is 0 Å². The molecule has 1 heterocycles. The molecule has 1 aliphatic rings. The van der Waals surface area contributed by atoms with Crippen molar-refractivity contribution in [3.05, 3.63) is 12.2 Å². The SMILES string of the molecule is O=C(NCC1(C(=O)O)CC1)c1ncn[nH]1. The van der Waals surface area contributed by atoms with E-state index in [1.54, 1.807) is 0 Å². The van der Waals surface area contributed by atoms with Gasteiger partial charge in [0.15, 0.2) is 0 Å². The molecule has 1 saturated carbocycles. The van der Waals surface area contributed by atoms with Crippen molar-refractivity contribution < 1.29 is 14.7 Å². The minimum Gasteiger partial charge on any atom is -0.481 e. The third-order valence-electron chi connectivity index (χ3n) is 2.52. The van der Waals surface area contributed by atoms with E-state index in [9.17, 15) is 9.59 Å². The van der Waals surface area contributed by atoms with Crippen LogP contribution in [0.4, 0.5) is 0 Å². The Morgan fingerprint density at radius 1 is 1.60 bits per heavy atom. The first-order valence-electron chi connectivity index (χ1n) is 4.51. The number of nitrogens with zero attached hydrogens (tertiary/aromatic N) is 2. The van der Waals surface area contributed by atoms with Crippen molar-refractivity contribution in [3.8, 4) is 0 Å². The molecule has 15 heavy (non-hydrogen) atoms. The van der Waals surface area contributed by atoms with Gasteiger partial charge in [-0.3, -0.25) is 14.7 Å². The van der Waals surface area contributed by atoms with Crippen LogP contribution >= 0.6 is 0 Å². The summed E-state index contributed by atoms with van der Waals surface area (Å²) in [5, 5.41) is 17.3. The fourth-order valence-corrected chi connectivity index (χ4v) is 1.27. The fraction of sp³-hybridized carbons (Fsp3) is 0.500. The van der Waals surface area contributed by atoms with Crippen LogP contribution in [0.15, 0.2) is 6.33 Å². The number of aliphatic carboxylic acids is 1. The van der Waals surface area contributed by atoms with Crippen LogP contribution in [0.2, 0.25) is 0 Å². The van der Waals surface area contributed by atoms with Gasteiger partial charge in [-0.1, -0.05) is 0 Å². The molecule has 0 unspecified atom stereocenters. The van der Waals surface area contributed by atoms with Gasteiger partial charge in [0.1, 0.15) is 6.33 Å². The lowest BCUT2D eigenvalue weighted by Crippen LogP contribution is -2.34. The average Bonchev–Trinajstić information content (AvgIpc) is 2.80. The molecule has 1 amide bonds. The predicted octanol–water partition coefficient (Wildman–Crippen LogP) is -0.601. The normalized spacial score (nSPS) is 17.1. The number of carbonyl (C=O) groups excluding carboxylic acids is 1. The second kappa shape index (κ2) is 3.34. The van der Waals surface area contributed by atoms with Gasteiger partial charge in [0.25, 0.3) is 5.91 Å². The molecule has 1 aromatic heterocycles.